The number of nitrogens with zero attached hydrogens (tertiary/aromatic N) is 2. The van der Waals surface area contributed by atoms with Crippen LogP contribution in [0.2, 0.25) is 0 Å². The standard InChI is InChI=1S/C16H23N3O/c1-4-17-9-13(2)15-7-5-14(6-8-15)12-20-16-10-18-19(3)11-16/h5-8,10-11,13,17H,4,9,12H2,1-3H3. The maximum atomic E-state index is 5.68. The van der Waals surface area contributed by atoms with Crippen molar-refractivity contribution in [2.24, 2.45) is 7.05 Å². The first-order valence-electron chi connectivity index (χ1n) is 7.10. The topological polar surface area (TPSA) is 39.1 Å². The van der Waals surface area contributed by atoms with Gasteiger partial charge in [-0.15, -0.1) is 0 Å². The maximum Gasteiger partial charge on any atom is 0.157 e. The van der Waals surface area contributed by atoms with E-state index in [1.54, 1.807) is 10.9 Å². The minimum Gasteiger partial charge on any atom is -0.486 e. The minimum absolute atomic E-state index is 0.531. The number of hydrogen-bond acceptors (Lipinski definition) is 3. The summed E-state index contributed by atoms with van der Waals surface area (Å²) in [5.41, 5.74) is 2.53. The van der Waals surface area contributed by atoms with Gasteiger partial charge in [-0.1, -0.05) is 38.1 Å². The molecule has 0 saturated carbocycles. The van der Waals surface area contributed by atoms with E-state index in [9.17, 15) is 0 Å². The molecule has 1 aromatic carbocycles. The molecule has 4 nitrogen and oxygen atoms in total. The number of benzene rings is 1. The van der Waals surface area contributed by atoms with Crippen molar-refractivity contribution in [3.05, 3.63) is 47.8 Å². The van der Waals surface area contributed by atoms with Gasteiger partial charge in [-0.2, -0.15) is 5.10 Å². The number of hydrogen-bond donors (Lipinski definition) is 1. The molecular formula is C16H23N3O. The van der Waals surface area contributed by atoms with Crippen molar-refractivity contribution in [3.63, 3.8) is 0 Å². The van der Waals surface area contributed by atoms with E-state index in [0.717, 1.165) is 18.8 Å². The Morgan fingerprint density at radius 1 is 1.30 bits per heavy atom. The van der Waals surface area contributed by atoms with Crippen molar-refractivity contribution in [3.8, 4) is 5.75 Å². The summed E-state index contributed by atoms with van der Waals surface area (Å²) in [5, 5.41) is 7.46. The third kappa shape index (κ3) is 4.10. The molecule has 0 aliphatic heterocycles. The molecule has 0 aliphatic rings. The van der Waals surface area contributed by atoms with E-state index in [1.807, 2.05) is 13.2 Å². The molecule has 0 bridgehead atoms. The summed E-state index contributed by atoms with van der Waals surface area (Å²) in [6.45, 7) is 6.98. The van der Waals surface area contributed by atoms with Crippen molar-refractivity contribution in [1.82, 2.24) is 15.1 Å². The lowest BCUT2D eigenvalue weighted by atomic mass is 10.00. The van der Waals surface area contributed by atoms with E-state index < -0.39 is 0 Å². The van der Waals surface area contributed by atoms with Crippen LogP contribution in [0.3, 0.4) is 0 Å². The van der Waals surface area contributed by atoms with Gasteiger partial charge >= 0.3 is 0 Å². The van der Waals surface area contributed by atoms with E-state index in [0.29, 0.717) is 12.5 Å². The van der Waals surface area contributed by atoms with Crippen LogP contribution in [0.5, 0.6) is 5.75 Å². The van der Waals surface area contributed by atoms with Crippen LogP contribution in [0, 0.1) is 0 Å². The van der Waals surface area contributed by atoms with E-state index in [4.69, 9.17) is 4.74 Å². The highest BCUT2D eigenvalue weighted by molar-refractivity contribution is 5.25. The van der Waals surface area contributed by atoms with Crippen molar-refractivity contribution >= 4 is 0 Å². The average Bonchev–Trinajstić information content (AvgIpc) is 2.89. The Kier molecular flexibility index (Phi) is 5.18. The molecule has 1 heterocycles. The Morgan fingerprint density at radius 3 is 2.65 bits per heavy atom. The van der Waals surface area contributed by atoms with Crippen LogP contribution in [0.4, 0.5) is 0 Å². The molecule has 1 atom stereocenters. The van der Waals surface area contributed by atoms with Gasteiger partial charge in [-0.05, 0) is 23.6 Å². The van der Waals surface area contributed by atoms with Gasteiger partial charge in [0.1, 0.15) is 6.61 Å². The van der Waals surface area contributed by atoms with E-state index in [1.165, 1.54) is 11.1 Å². The molecular weight excluding hydrogens is 250 g/mol. The number of aryl methyl sites for hydroxylation is 1. The lowest BCUT2D eigenvalue weighted by molar-refractivity contribution is 0.306. The van der Waals surface area contributed by atoms with Gasteiger partial charge in [0.15, 0.2) is 5.75 Å². The van der Waals surface area contributed by atoms with E-state index >= 15 is 0 Å². The van der Waals surface area contributed by atoms with Crippen LogP contribution in [0.15, 0.2) is 36.7 Å². The summed E-state index contributed by atoms with van der Waals surface area (Å²) >= 11 is 0. The molecule has 4 heteroatoms. The number of nitrogens with one attached hydrogen (secondary N) is 1. The first kappa shape index (κ1) is 14.6. The summed E-state index contributed by atoms with van der Waals surface area (Å²) in [7, 11) is 1.88. The van der Waals surface area contributed by atoms with Crippen molar-refractivity contribution in [1.29, 1.82) is 0 Å². The first-order chi connectivity index (χ1) is 9.69. The molecule has 1 aromatic heterocycles. The fourth-order valence-corrected chi connectivity index (χ4v) is 2.06. The molecule has 108 valence electrons. The zero-order chi connectivity index (χ0) is 14.4. The molecule has 20 heavy (non-hydrogen) atoms. The molecule has 0 radical (unpaired) electrons. The van der Waals surface area contributed by atoms with Gasteiger partial charge in [0.05, 0.1) is 12.4 Å². The fraction of sp³-hybridized carbons (Fsp3) is 0.438. The van der Waals surface area contributed by atoms with Crippen LogP contribution < -0.4 is 10.1 Å². The Hall–Kier alpha value is -1.81. The SMILES string of the molecule is CCNCC(C)c1ccc(COc2cnn(C)c2)cc1. The first-order valence-corrected chi connectivity index (χ1v) is 7.10. The Bertz CT molecular complexity index is 519. The zero-order valence-corrected chi connectivity index (χ0v) is 12.5. The second-order valence-electron chi connectivity index (χ2n) is 5.09. The number of aromatic nitrogens is 2. The lowest BCUT2D eigenvalue weighted by Gasteiger charge is -2.13. The molecule has 0 aliphatic carbocycles. The predicted molar refractivity (Wildman–Crippen MR) is 80.9 cm³/mol. The van der Waals surface area contributed by atoms with Crippen molar-refractivity contribution in [2.75, 3.05) is 13.1 Å². The minimum atomic E-state index is 0.531. The largest absolute Gasteiger partial charge is 0.486 e. The monoisotopic (exact) mass is 273 g/mol. The van der Waals surface area contributed by atoms with E-state index in [-0.39, 0.29) is 0 Å². The summed E-state index contributed by atoms with van der Waals surface area (Å²) in [6, 6.07) is 8.64. The highest BCUT2D eigenvalue weighted by atomic mass is 16.5. The van der Waals surface area contributed by atoms with Crippen LogP contribution >= 0.6 is 0 Å². The van der Waals surface area contributed by atoms with Crippen LogP contribution in [-0.2, 0) is 13.7 Å². The van der Waals surface area contributed by atoms with Gasteiger partial charge in [-0.25, -0.2) is 0 Å². The molecule has 2 aromatic rings. The van der Waals surface area contributed by atoms with Gasteiger partial charge in [0, 0.05) is 13.6 Å². The molecule has 1 unspecified atom stereocenters. The van der Waals surface area contributed by atoms with Gasteiger partial charge in [0.2, 0.25) is 0 Å². The molecule has 0 spiro atoms. The highest BCUT2D eigenvalue weighted by Gasteiger charge is 2.05. The van der Waals surface area contributed by atoms with E-state index in [2.05, 4.69) is 48.5 Å². The third-order valence-corrected chi connectivity index (χ3v) is 3.34. The number of rotatable bonds is 7. The van der Waals surface area contributed by atoms with Gasteiger partial charge in [0.25, 0.3) is 0 Å². The summed E-state index contributed by atoms with van der Waals surface area (Å²) in [5.74, 6) is 1.33. The second-order valence-corrected chi connectivity index (χ2v) is 5.09. The van der Waals surface area contributed by atoms with Crippen LogP contribution in [-0.4, -0.2) is 22.9 Å². The smallest absolute Gasteiger partial charge is 0.157 e. The Labute approximate surface area is 120 Å². The molecule has 0 amide bonds. The van der Waals surface area contributed by atoms with Crippen molar-refractivity contribution < 1.29 is 4.74 Å². The average molecular weight is 273 g/mol. The maximum absolute atomic E-state index is 5.68. The molecule has 1 N–H and O–H groups in total. The molecule has 2 rings (SSSR count). The Balaban J connectivity index is 1.87. The molecule has 0 saturated heterocycles. The summed E-state index contributed by atoms with van der Waals surface area (Å²) in [4.78, 5) is 0. The number of ether oxygens (including phenoxy) is 1. The molecule has 0 fully saturated rings. The summed E-state index contributed by atoms with van der Waals surface area (Å²) < 4.78 is 7.42. The predicted octanol–water partition coefficient (Wildman–Crippen LogP) is 2.71. The van der Waals surface area contributed by atoms with Gasteiger partial charge in [-0.3, -0.25) is 4.68 Å². The van der Waals surface area contributed by atoms with Gasteiger partial charge < -0.3 is 10.1 Å². The second kappa shape index (κ2) is 7.10. The van der Waals surface area contributed by atoms with Crippen LogP contribution in [0.25, 0.3) is 0 Å². The quantitative estimate of drug-likeness (QED) is 0.843. The summed E-state index contributed by atoms with van der Waals surface area (Å²) in [6.07, 6.45) is 3.60. The van der Waals surface area contributed by atoms with Crippen LogP contribution in [0.1, 0.15) is 30.9 Å². The normalized spacial score (nSPS) is 12.3. The lowest BCUT2D eigenvalue weighted by Crippen LogP contribution is -2.19. The highest BCUT2D eigenvalue weighted by Crippen LogP contribution is 2.16. The Morgan fingerprint density at radius 2 is 2.05 bits per heavy atom. The third-order valence-electron chi connectivity index (χ3n) is 3.34. The fourth-order valence-electron chi connectivity index (χ4n) is 2.06. The zero-order valence-electron chi connectivity index (χ0n) is 12.5. The number of likely N-dealkylation sites (N-methyl/N-ethyl adjacent to an activating group) is 1. The van der Waals surface area contributed by atoms with Crippen molar-refractivity contribution in [2.45, 2.75) is 26.4 Å².